The summed E-state index contributed by atoms with van der Waals surface area (Å²) in [6.45, 7) is 0. The maximum absolute atomic E-state index is 12.7. The molecule has 1 heterocycles. The predicted molar refractivity (Wildman–Crippen MR) is 52.6 cm³/mol. The average molecular weight is 245 g/mol. The van der Waals surface area contributed by atoms with Gasteiger partial charge in [0.2, 0.25) is 0 Å². The SMILES string of the molecule is Nc1c2c(C(F)(F)F)cccc2nn1C(=O)O. The first-order valence-electron chi connectivity index (χ1n) is 4.40. The largest absolute Gasteiger partial charge is 0.463 e. The molecule has 1 aromatic carbocycles. The Kier molecular flexibility index (Phi) is 2.23. The fraction of sp³-hybridized carbons (Fsp3) is 0.111. The number of nitrogen functional groups attached to an aromatic ring is 1. The summed E-state index contributed by atoms with van der Waals surface area (Å²) in [4.78, 5) is 10.7. The summed E-state index contributed by atoms with van der Waals surface area (Å²) in [5, 5.41) is 11.8. The minimum absolute atomic E-state index is 0.111. The van der Waals surface area contributed by atoms with Gasteiger partial charge in [-0.2, -0.15) is 18.3 Å². The Hall–Kier alpha value is -2.25. The van der Waals surface area contributed by atoms with E-state index >= 15 is 0 Å². The summed E-state index contributed by atoms with van der Waals surface area (Å²) in [7, 11) is 0. The number of nitrogens with two attached hydrogens (primary N) is 1. The van der Waals surface area contributed by atoms with Crippen LogP contribution in [0.15, 0.2) is 18.2 Å². The first-order chi connectivity index (χ1) is 7.82. The molecule has 90 valence electrons. The van der Waals surface area contributed by atoms with Gasteiger partial charge in [-0.05, 0) is 12.1 Å². The first-order valence-corrected chi connectivity index (χ1v) is 4.40. The van der Waals surface area contributed by atoms with E-state index < -0.39 is 29.0 Å². The fourth-order valence-electron chi connectivity index (χ4n) is 1.54. The van der Waals surface area contributed by atoms with E-state index in [1.807, 2.05) is 0 Å². The van der Waals surface area contributed by atoms with Crippen molar-refractivity contribution < 1.29 is 23.1 Å². The molecule has 17 heavy (non-hydrogen) atoms. The molecule has 0 spiro atoms. The Bertz CT molecular complexity index is 603. The van der Waals surface area contributed by atoms with Gasteiger partial charge in [-0.1, -0.05) is 6.07 Å². The van der Waals surface area contributed by atoms with Crippen LogP contribution in [0.3, 0.4) is 0 Å². The Morgan fingerprint density at radius 2 is 2.06 bits per heavy atom. The summed E-state index contributed by atoms with van der Waals surface area (Å²) >= 11 is 0. The zero-order valence-corrected chi connectivity index (χ0v) is 8.19. The summed E-state index contributed by atoms with van der Waals surface area (Å²) in [6, 6.07) is 3.23. The molecule has 8 heteroatoms. The molecule has 0 saturated heterocycles. The Labute approximate surface area is 92.2 Å². The van der Waals surface area contributed by atoms with Crippen LogP contribution in [0.25, 0.3) is 10.9 Å². The van der Waals surface area contributed by atoms with E-state index in [-0.39, 0.29) is 5.52 Å². The summed E-state index contributed by atoms with van der Waals surface area (Å²) in [5.41, 5.74) is 4.25. The van der Waals surface area contributed by atoms with Crippen molar-refractivity contribution >= 4 is 22.8 Å². The monoisotopic (exact) mass is 245 g/mol. The van der Waals surface area contributed by atoms with Crippen molar-refractivity contribution in [2.75, 3.05) is 5.73 Å². The molecule has 0 saturated carbocycles. The second-order valence-electron chi connectivity index (χ2n) is 3.28. The second kappa shape index (κ2) is 3.37. The van der Waals surface area contributed by atoms with Gasteiger partial charge >= 0.3 is 12.3 Å². The number of halogens is 3. The van der Waals surface area contributed by atoms with Crippen LogP contribution < -0.4 is 5.73 Å². The molecule has 0 aliphatic rings. The zero-order valence-electron chi connectivity index (χ0n) is 8.19. The zero-order chi connectivity index (χ0) is 12.8. The van der Waals surface area contributed by atoms with Gasteiger partial charge in [0.15, 0.2) is 0 Å². The van der Waals surface area contributed by atoms with Gasteiger partial charge in [-0.25, -0.2) is 4.79 Å². The molecule has 0 aliphatic heterocycles. The number of fused-ring (bicyclic) bond motifs is 1. The number of anilines is 1. The van der Waals surface area contributed by atoms with Crippen LogP contribution in [0.5, 0.6) is 0 Å². The molecule has 5 nitrogen and oxygen atoms in total. The number of carboxylic acid groups (broad SMARTS) is 1. The molecule has 2 rings (SSSR count). The number of benzene rings is 1. The van der Waals surface area contributed by atoms with Crippen molar-refractivity contribution in [3.8, 4) is 0 Å². The minimum atomic E-state index is -4.61. The highest BCUT2D eigenvalue weighted by Gasteiger charge is 2.34. The van der Waals surface area contributed by atoms with Crippen molar-refractivity contribution in [3.63, 3.8) is 0 Å². The highest BCUT2D eigenvalue weighted by atomic mass is 19.4. The van der Waals surface area contributed by atoms with E-state index in [1.165, 1.54) is 6.07 Å². The number of hydrogen-bond acceptors (Lipinski definition) is 3. The quantitative estimate of drug-likeness (QED) is 0.745. The number of hydrogen-bond donors (Lipinski definition) is 2. The van der Waals surface area contributed by atoms with E-state index in [2.05, 4.69) is 5.10 Å². The lowest BCUT2D eigenvalue weighted by Crippen LogP contribution is -2.13. The molecular weight excluding hydrogens is 239 g/mol. The van der Waals surface area contributed by atoms with Gasteiger partial charge in [-0.15, -0.1) is 4.68 Å². The van der Waals surface area contributed by atoms with Gasteiger partial charge in [0, 0.05) is 0 Å². The van der Waals surface area contributed by atoms with Crippen molar-refractivity contribution in [1.82, 2.24) is 9.78 Å². The third-order valence-corrected chi connectivity index (χ3v) is 2.22. The number of alkyl halides is 3. The summed E-state index contributed by atoms with van der Waals surface area (Å²) in [6.07, 6.45) is -6.15. The molecule has 3 N–H and O–H groups in total. The topological polar surface area (TPSA) is 81.1 Å². The number of rotatable bonds is 0. The molecule has 0 unspecified atom stereocenters. The number of carbonyl (C=O) groups is 1. The highest BCUT2D eigenvalue weighted by molar-refractivity contribution is 5.96. The summed E-state index contributed by atoms with van der Waals surface area (Å²) in [5.74, 6) is -0.541. The van der Waals surface area contributed by atoms with Gasteiger partial charge in [0.25, 0.3) is 0 Å². The maximum Gasteiger partial charge on any atom is 0.434 e. The van der Waals surface area contributed by atoms with Crippen LogP contribution in [-0.2, 0) is 6.18 Å². The normalized spacial score (nSPS) is 11.9. The van der Waals surface area contributed by atoms with Crippen molar-refractivity contribution in [1.29, 1.82) is 0 Å². The van der Waals surface area contributed by atoms with Gasteiger partial charge in [0.05, 0.1) is 16.5 Å². The lowest BCUT2D eigenvalue weighted by atomic mass is 10.1. The van der Waals surface area contributed by atoms with Gasteiger partial charge in [-0.3, -0.25) is 0 Å². The molecule has 2 aromatic rings. The van der Waals surface area contributed by atoms with E-state index in [0.29, 0.717) is 4.68 Å². The third-order valence-electron chi connectivity index (χ3n) is 2.22. The molecule has 0 bridgehead atoms. The lowest BCUT2D eigenvalue weighted by molar-refractivity contribution is -0.136. The van der Waals surface area contributed by atoms with Crippen molar-refractivity contribution in [2.45, 2.75) is 6.18 Å². The number of nitrogens with zero attached hydrogens (tertiary/aromatic N) is 2. The fourth-order valence-corrected chi connectivity index (χ4v) is 1.54. The lowest BCUT2D eigenvalue weighted by Gasteiger charge is -2.07. The average Bonchev–Trinajstić information content (AvgIpc) is 2.55. The molecule has 0 radical (unpaired) electrons. The first kappa shape index (κ1) is 11.2. The second-order valence-corrected chi connectivity index (χ2v) is 3.28. The van der Waals surface area contributed by atoms with Crippen molar-refractivity contribution in [2.24, 2.45) is 0 Å². The standard InChI is InChI=1S/C9H6F3N3O2/c10-9(11,12)4-2-1-3-5-6(4)7(13)15(14-5)8(16)17/h1-3H,13H2,(H,16,17). The molecular formula is C9H6F3N3O2. The Morgan fingerprint density at radius 3 is 2.59 bits per heavy atom. The predicted octanol–water partition coefficient (Wildman–Crippen LogP) is 2.16. The van der Waals surface area contributed by atoms with Crippen LogP contribution in [0.4, 0.5) is 23.8 Å². The van der Waals surface area contributed by atoms with Crippen LogP contribution in [0.1, 0.15) is 5.56 Å². The van der Waals surface area contributed by atoms with Crippen LogP contribution in [0, 0.1) is 0 Å². The molecule has 0 aliphatic carbocycles. The van der Waals surface area contributed by atoms with E-state index in [9.17, 15) is 18.0 Å². The van der Waals surface area contributed by atoms with Crippen LogP contribution in [-0.4, -0.2) is 21.0 Å². The smallest absolute Gasteiger partial charge is 0.434 e. The molecule has 0 atom stereocenters. The van der Waals surface area contributed by atoms with Crippen LogP contribution >= 0.6 is 0 Å². The molecule has 0 amide bonds. The van der Waals surface area contributed by atoms with Gasteiger partial charge < -0.3 is 10.8 Å². The van der Waals surface area contributed by atoms with E-state index in [0.717, 1.165) is 12.1 Å². The number of aromatic nitrogens is 2. The minimum Gasteiger partial charge on any atom is -0.463 e. The third kappa shape index (κ3) is 1.67. The Morgan fingerprint density at radius 1 is 1.41 bits per heavy atom. The summed E-state index contributed by atoms with van der Waals surface area (Å²) < 4.78 is 38.3. The van der Waals surface area contributed by atoms with Crippen LogP contribution in [0.2, 0.25) is 0 Å². The van der Waals surface area contributed by atoms with Gasteiger partial charge in [0.1, 0.15) is 5.82 Å². The highest BCUT2D eigenvalue weighted by Crippen LogP contribution is 2.36. The molecule has 0 fully saturated rings. The Balaban J connectivity index is 2.85. The molecule has 1 aromatic heterocycles. The van der Waals surface area contributed by atoms with E-state index in [1.54, 1.807) is 0 Å². The van der Waals surface area contributed by atoms with E-state index in [4.69, 9.17) is 10.8 Å². The maximum atomic E-state index is 12.7. The van der Waals surface area contributed by atoms with Crippen molar-refractivity contribution in [3.05, 3.63) is 23.8 Å².